The van der Waals surface area contributed by atoms with E-state index < -0.39 is 46.2 Å². The number of sulfonamides is 1. The van der Waals surface area contributed by atoms with Crippen molar-refractivity contribution in [3.63, 3.8) is 0 Å². The van der Waals surface area contributed by atoms with Gasteiger partial charge in [0.1, 0.15) is 17.7 Å². The van der Waals surface area contributed by atoms with E-state index in [1.54, 1.807) is 0 Å². The summed E-state index contributed by atoms with van der Waals surface area (Å²) < 4.78 is 55.0. The zero-order valence-corrected chi connectivity index (χ0v) is 13.6. The van der Waals surface area contributed by atoms with Crippen LogP contribution in [0, 0.1) is 11.6 Å². The van der Waals surface area contributed by atoms with Crippen molar-refractivity contribution < 1.29 is 31.5 Å². The monoisotopic (exact) mass is 362 g/mol. The number of halogens is 2. The van der Waals surface area contributed by atoms with Gasteiger partial charge in [-0.2, -0.15) is 4.31 Å². The first-order valence-corrected chi connectivity index (χ1v) is 8.91. The third-order valence-corrected chi connectivity index (χ3v) is 4.68. The second-order valence-corrected chi connectivity index (χ2v) is 7.28. The van der Waals surface area contributed by atoms with Gasteiger partial charge in [-0.3, -0.25) is 9.59 Å². The van der Waals surface area contributed by atoms with Gasteiger partial charge in [0.2, 0.25) is 10.0 Å². The van der Waals surface area contributed by atoms with Gasteiger partial charge in [0.25, 0.3) is 5.91 Å². The zero-order valence-electron chi connectivity index (χ0n) is 12.8. The molecule has 0 bridgehead atoms. The molecule has 0 unspecified atom stereocenters. The average Bonchev–Trinajstić information content (AvgIpc) is 2.93. The lowest BCUT2D eigenvalue weighted by Crippen LogP contribution is -2.41. The van der Waals surface area contributed by atoms with Crippen LogP contribution in [0.1, 0.15) is 12.8 Å². The highest BCUT2D eigenvalue weighted by molar-refractivity contribution is 7.88. The van der Waals surface area contributed by atoms with Gasteiger partial charge in [-0.05, 0) is 25.0 Å². The number of rotatable bonds is 5. The summed E-state index contributed by atoms with van der Waals surface area (Å²) in [4.78, 5) is 23.6. The molecule has 1 fully saturated rings. The van der Waals surface area contributed by atoms with Crippen LogP contribution < -0.4 is 5.32 Å². The number of hydrogen-bond donors (Lipinski definition) is 1. The van der Waals surface area contributed by atoms with E-state index in [4.69, 9.17) is 4.74 Å². The smallest absolute Gasteiger partial charge is 0.324 e. The molecular weight excluding hydrogens is 346 g/mol. The second kappa shape index (κ2) is 7.22. The Bertz CT molecular complexity index is 733. The molecule has 1 aromatic rings. The molecule has 132 valence electrons. The van der Waals surface area contributed by atoms with Crippen molar-refractivity contribution in [1.82, 2.24) is 4.31 Å². The number of esters is 1. The first kappa shape index (κ1) is 18.3. The van der Waals surface area contributed by atoms with Crippen LogP contribution in [-0.4, -0.2) is 50.0 Å². The third-order valence-electron chi connectivity index (χ3n) is 3.39. The van der Waals surface area contributed by atoms with E-state index in [2.05, 4.69) is 5.32 Å². The standard InChI is InChI=1S/C14H16F2N2O5S/c1-24(21,22)18-4-2-3-12(18)14(20)23-8-13(19)17-11-6-9(15)5-10(16)7-11/h5-7,12H,2-4,8H2,1H3,(H,17,19)/t12-/m0/s1. The Morgan fingerprint density at radius 3 is 2.50 bits per heavy atom. The molecule has 1 heterocycles. The van der Waals surface area contributed by atoms with Crippen LogP contribution in [0.2, 0.25) is 0 Å². The number of hydrogen-bond acceptors (Lipinski definition) is 5. The van der Waals surface area contributed by atoms with Gasteiger partial charge in [0.05, 0.1) is 6.26 Å². The van der Waals surface area contributed by atoms with Crippen LogP contribution in [0.15, 0.2) is 18.2 Å². The summed E-state index contributed by atoms with van der Waals surface area (Å²) >= 11 is 0. The predicted octanol–water partition coefficient (Wildman–Crippen LogP) is 0.870. The normalized spacial score (nSPS) is 18.4. The molecule has 0 spiro atoms. The van der Waals surface area contributed by atoms with Crippen molar-refractivity contribution in [3.8, 4) is 0 Å². The third kappa shape index (κ3) is 4.71. The molecule has 0 saturated carbocycles. The highest BCUT2D eigenvalue weighted by atomic mass is 32.2. The molecule has 1 amide bonds. The van der Waals surface area contributed by atoms with Crippen LogP contribution in [0.4, 0.5) is 14.5 Å². The lowest BCUT2D eigenvalue weighted by Gasteiger charge is -2.20. The van der Waals surface area contributed by atoms with Crippen LogP contribution >= 0.6 is 0 Å². The molecule has 7 nitrogen and oxygen atoms in total. The minimum Gasteiger partial charge on any atom is -0.454 e. The summed E-state index contributed by atoms with van der Waals surface area (Å²) in [5, 5.41) is 2.18. The van der Waals surface area contributed by atoms with Crippen molar-refractivity contribution in [1.29, 1.82) is 0 Å². The van der Waals surface area contributed by atoms with Crippen molar-refractivity contribution in [2.45, 2.75) is 18.9 Å². The predicted molar refractivity (Wildman–Crippen MR) is 80.5 cm³/mol. The molecule has 0 aromatic heterocycles. The number of amides is 1. The number of ether oxygens (including phenoxy) is 1. The van der Waals surface area contributed by atoms with Gasteiger partial charge in [-0.25, -0.2) is 17.2 Å². The van der Waals surface area contributed by atoms with Gasteiger partial charge in [0.15, 0.2) is 6.61 Å². The summed E-state index contributed by atoms with van der Waals surface area (Å²) in [5.41, 5.74) is -0.118. The summed E-state index contributed by atoms with van der Waals surface area (Å²) in [6.45, 7) is -0.474. The molecule has 0 aliphatic carbocycles. The largest absolute Gasteiger partial charge is 0.454 e. The van der Waals surface area contributed by atoms with Gasteiger partial charge >= 0.3 is 5.97 Å². The number of carbonyl (C=O) groups is 2. The summed E-state index contributed by atoms with van der Waals surface area (Å²) in [7, 11) is -3.54. The van der Waals surface area contributed by atoms with Crippen molar-refractivity contribution in [2.24, 2.45) is 0 Å². The molecule has 1 atom stereocenters. The van der Waals surface area contributed by atoms with Gasteiger partial charge in [0, 0.05) is 18.3 Å². The number of nitrogens with zero attached hydrogens (tertiary/aromatic N) is 1. The maximum absolute atomic E-state index is 13.0. The van der Waals surface area contributed by atoms with Gasteiger partial charge in [-0.1, -0.05) is 0 Å². The van der Waals surface area contributed by atoms with Gasteiger partial charge in [-0.15, -0.1) is 0 Å². The first-order chi connectivity index (χ1) is 11.2. The zero-order chi connectivity index (χ0) is 17.9. The number of carbonyl (C=O) groups excluding carboxylic acids is 2. The van der Waals surface area contributed by atoms with Crippen molar-refractivity contribution >= 4 is 27.6 Å². The fraction of sp³-hybridized carbons (Fsp3) is 0.429. The Hall–Kier alpha value is -2.07. The Morgan fingerprint density at radius 1 is 1.29 bits per heavy atom. The Labute approximate surface area is 137 Å². The molecule has 24 heavy (non-hydrogen) atoms. The lowest BCUT2D eigenvalue weighted by molar-refractivity contribution is -0.150. The van der Waals surface area contributed by atoms with Crippen molar-refractivity contribution in [2.75, 3.05) is 24.7 Å². The summed E-state index contributed by atoms with van der Waals surface area (Å²) in [5.74, 6) is -3.36. The quantitative estimate of drug-likeness (QED) is 0.785. The minimum atomic E-state index is -3.54. The maximum atomic E-state index is 13.0. The molecule has 1 aliphatic rings. The minimum absolute atomic E-state index is 0.118. The van der Waals surface area contributed by atoms with E-state index in [-0.39, 0.29) is 12.2 Å². The molecular formula is C14H16F2N2O5S. The number of benzene rings is 1. The Morgan fingerprint density at radius 2 is 1.92 bits per heavy atom. The topological polar surface area (TPSA) is 92.8 Å². The van der Waals surface area contributed by atoms with Crippen LogP contribution in [-0.2, 0) is 24.3 Å². The SMILES string of the molecule is CS(=O)(=O)N1CCC[C@H]1C(=O)OCC(=O)Nc1cc(F)cc(F)c1. The fourth-order valence-electron chi connectivity index (χ4n) is 2.43. The van der Waals surface area contributed by atoms with E-state index in [0.29, 0.717) is 18.9 Å². The van der Waals surface area contributed by atoms with Crippen LogP contribution in [0.5, 0.6) is 0 Å². The Balaban J connectivity index is 1.90. The number of nitrogens with one attached hydrogen (secondary N) is 1. The van der Waals surface area contributed by atoms with E-state index in [1.807, 2.05) is 0 Å². The second-order valence-electron chi connectivity index (χ2n) is 5.35. The molecule has 1 saturated heterocycles. The van der Waals surface area contributed by atoms with Crippen molar-refractivity contribution in [3.05, 3.63) is 29.8 Å². The van der Waals surface area contributed by atoms with E-state index in [0.717, 1.165) is 22.7 Å². The summed E-state index contributed by atoms with van der Waals surface area (Å²) in [6.07, 6.45) is 1.81. The van der Waals surface area contributed by atoms with Crippen LogP contribution in [0.3, 0.4) is 0 Å². The average molecular weight is 362 g/mol. The summed E-state index contributed by atoms with van der Waals surface area (Å²) in [6, 6.07) is 1.51. The molecule has 2 rings (SSSR count). The van der Waals surface area contributed by atoms with E-state index >= 15 is 0 Å². The maximum Gasteiger partial charge on any atom is 0.324 e. The van der Waals surface area contributed by atoms with Crippen LogP contribution in [0.25, 0.3) is 0 Å². The highest BCUT2D eigenvalue weighted by Gasteiger charge is 2.37. The van der Waals surface area contributed by atoms with E-state index in [9.17, 15) is 26.8 Å². The molecule has 1 N–H and O–H groups in total. The lowest BCUT2D eigenvalue weighted by atomic mass is 10.2. The van der Waals surface area contributed by atoms with E-state index in [1.165, 1.54) is 0 Å². The molecule has 0 radical (unpaired) electrons. The fourth-order valence-corrected chi connectivity index (χ4v) is 3.54. The molecule has 10 heteroatoms. The number of anilines is 1. The molecule has 1 aromatic carbocycles. The first-order valence-electron chi connectivity index (χ1n) is 7.06. The highest BCUT2D eigenvalue weighted by Crippen LogP contribution is 2.21. The van der Waals surface area contributed by atoms with Gasteiger partial charge < -0.3 is 10.1 Å². The molecule has 1 aliphatic heterocycles. The Kier molecular flexibility index (Phi) is 5.50.